The molecule has 2 rings (SSSR count). The number of thiocarbonyl (C=S) groups is 1. The van der Waals surface area contributed by atoms with E-state index >= 15 is 0 Å². The molecule has 4 heteroatoms. The molecule has 21 heavy (non-hydrogen) atoms. The highest BCUT2D eigenvalue weighted by atomic mass is 79.9. The van der Waals surface area contributed by atoms with Crippen LogP contribution in [0.1, 0.15) is 37.3 Å². The Morgan fingerprint density at radius 3 is 2.43 bits per heavy atom. The molecule has 0 aromatic heterocycles. The van der Waals surface area contributed by atoms with Crippen molar-refractivity contribution in [2.24, 2.45) is 5.73 Å². The highest BCUT2D eigenvalue weighted by molar-refractivity contribution is 9.10. The summed E-state index contributed by atoms with van der Waals surface area (Å²) < 4.78 is 6.71. The Morgan fingerprint density at radius 2 is 1.90 bits per heavy atom. The van der Waals surface area contributed by atoms with E-state index < -0.39 is 0 Å². The van der Waals surface area contributed by atoms with E-state index in [4.69, 9.17) is 22.7 Å². The van der Waals surface area contributed by atoms with Crippen LogP contribution >= 0.6 is 28.1 Å². The fraction of sp³-hybridized carbons (Fsp3) is 0.235. The van der Waals surface area contributed by atoms with Crippen molar-refractivity contribution in [2.45, 2.75) is 26.2 Å². The molecule has 0 aliphatic carbocycles. The average Bonchev–Trinajstić information content (AvgIpc) is 2.49. The maximum Gasteiger partial charge on any atom is 0.141 e. The molecular weight excluding hydrogens is 346 g/mol. The zero-order chi connectivity index (χ0) is 15.4. The minimum Gasteiger partial charge on any atom is -0.456 e. The number of benzene rings is 2. The second kappa shape index (κ2) is 7.05. The van der Waals surface area contributed by atoms with Crippen molar-refractivity contribution in [1.29, 1.82) is 0 Å². The van der Waals surface area contributed by atoms with Crippen LogP contribution in [-0.2, 0) is 0 Å². The van der Waals surface area contributed by atoms with Gasteiger partial charge in [-0.1, -0.05) is 38.2 Å². The number of hydrogen-bond donors (Lipinski definition) is 1. The molecule has 110 valence electrons. The summed E-state index contributed by atoms with van der Waals surface area (Å²) in [4.78, 5) is 0.375. The lowest BCUT2D eigenvalue weighted by atomic mass is 9.99. The summed E-state index contributed by atoms with van der Waals surface area (Å²) in [6, 6.07) is 13.8. The number of nitrogens with two attached hydrogens (primary N) is 1. The van der Waals surface area contributed by atoms with Gasteiger partial charge in [0.1, 0.15) is 16.5 Å². The summed E-state index contributed by atoms with van der Waals surface area (Å²) in [7, 11) is 0. The third kappa shape index (κ3) is 4.05. The first-order valence-electron chi connectivity index (χ1n) is 6.88. The zero-order valence-electron chi connectivity index (χ0n) is 12.1. The van der Waals surface area contributed by atoms with Crippen molar-refractivity contribution < 1.29 is 4.74 Å². The highest BCUT2D eigenvalue weighted by Gasteiger charge is 2.07. The average molecular weight is 364 g/mol. The highest BCUT2D eigenvalue weighted by Crippen LogP contribution is 2.31. The minimum absolute atomic E-state index is 0.375. The van der Waals surface area contributed by atoms with E-state index in [1.807, 2.05) is 30.3 Å². The van der Waals surface area contributed by atoms with Crippen LogP contribution in [0.25, 0.3) is 0 Å². The minimum atomic E-state index is 0.375. The van der Waals surface area contributed by atoms with Gasteiger partial charge in [-0.25, -0.2) is 0 Å². The summed E-state index contributed by atoms with van der Waals surface area (Å²) in [6.07, 6.45) is 1.13. The quantitative estimate of drug-likeness (QED) is 0.723. The first-order valence-corrected chi connectivity index (χ1v) is 8.08. The third-order valence-electron chi connectivity index (χ3n) is 3.51. The summed E-state index contributed by atoms with van der Waals surface area (Å²) >= 11 is 8.44. The molecule has 2 nitrogen and oxygen atoms in total. The molecule has 0 fully saturated rings. The van der Waals surface area contributed by atoms with Gasteiger partial charge >= 0.3 is 0 Å². The van der Waals surface area contributed by atoms with Gasteiger partial charge in [0.2, 0.25) is 0 Å². The molecule has 0 radical (unpaired) electrons. The van der Waals surface area contributed by atoms with Gasteiger partial charge < -0.3 is 10.5 Å². The largest absolute Gasteiger partial charge is 0.456 e. The molecule has 0 saturated heterocycles. The zero-order valence-corrected chi connectivity index (χ0v) is 14.5. The van der Waals surface area contributed by atoms with Gasteiger partial charge in [-0.05, 0) is 64.2 Å². The predicted molar refractivity (Wildman–Crippen MR) is 95.3 cm³/mol. The Bertz CT molecular complexity index is 640. The summed E-state index contributed by atoms with van der Waals surface area (Å²) in [6.45, 7) is 4.41. The van der Waals surface area contributed by atoms with Crippen molar-refractivity contribution in [3.05, 3.63) is 58.1 Å². The van der Waals surface area contributed by atoms with Gasteiger partial charge in [-0.15, -0.1) is 0 Å². The molecule has 1 unspecified atom stereocenters. The van der Waals surface area contributed by atoms with Gasteiger partial charge in [0, 0.05) is 5.56 Å². The topological polar surface area (TPSA) is 35.2 Å². The molecule has 2 aromatic carbocycles. The van der Waals surface area contributed by atoms with Crippen LogP contribution in [0, 0.1) is 0 Å². The lowest BCUT2D eigenvalue weighted by molar-refractivity contribution is 0.479. The summed E-state index contributed by atoms with van der Waals surface area (Å²) in [5.41, 5.74) is 7.76. The number of ether oxygens (including phenoxy) is 1. The molecule has 1 atom stereocenters. The molecule has 0 amide bonds. The maximum atomic E-state index is 5.88. The molecule has 0 heterocycles. The number of hydrogen-bond acceptors (Lipinski definition) is 2. The van der Waals surface area contributed by atoms with E-state index in [0.717, 1.165) is 28.0 Å². The molecule has 0 saturated carbocycles. The smallest absolute Gasteiger partial charge is 0.141 e. The van der Waals surface area contributed by atoms with Crippen molar-refractivity contribution >= 4 is 33.1 Å². The van der Waals surface area contributed by atoms with Gasteiger partial charge in [-0.3, -0.25) is 0 Å². The van der Waals surface area contributed by atoms with Crippen molar-refractivity contribution in [2.75, 3.05) is 0 Å². The van der Waals surface area contributed by atoms with Crippen LogP contribution in [0.3, 0.4) is 0 Å². The van der Waals surface area contributed by atoms with Gasteiger partial charge in [0.15, 0.2) is 0 Å². The maximum absolute atomic E-state index is 5.88. The SMILES string of the molecule is CCC(C)c1ccc(Oc2ccc(C(N)=S)cc2Br)cc1. The van der Waals surface area contributed by atoms with E-state index in [2.05, 4.69) is 41.9 Å². The Morgan fingerprint density at radius 1 is 1.24 bits per heavy atom. The lowest BCUT2D eigenvalue weighted by Crippen LogP contribution is -2.08. The second-order valence-corrected chi connectivity index (χ2v) is 6.28. The Balaban J connectivity index is 2.16. The molecular formula is C17H18BrNOS. The number of rotatable bonds is 5. The van der Waals surface area contributed by atoms with Crippen molar-refractivity contribution in [1.82, 2.24) is 0 Å². The molecule has 0 aliphatic rings. The van der Waals surface area contributed by atoms with Crippen LogP contribution in [0.15, 0.2) is 46.9 Å². The standard InChI is InChI=1S/C17H18BrNOS/c1-3-11(2)12-4-7-14(8-5-12)20-16-9-6-13(17(19)21)10-15(16)18/h4-11H,3H2,1-2H3,(H2,19,21). The molecule has 2 N–H and O–H groups in total. The normalized spacial score (nSPS) is 12.0. The van der Waals surface area contributed by atoms with Crippen molar-refractivity contribution in [3.8, 4) is 11.5 Å². The van der Waals surface area contributed by atoms with Crippen LogP contribution in [0.4, 0.5) is 0 Å². The molecule has 0 bridgehead atoms. The van der Waals surface area contributed by atoms with Crippen LogP contribution in [0.2, 0.25) is 0 Å². The first-order chi connectivity index (χ1) is 10.0. The summed E-state index contributed by atoms with van der Waals surface area (Å²) in [5.74, 6) is 2.12. The van der Waals surface area contributed by atoms with Gasteiger partial charge in [0.25, 0.3) is 0 Å². The van der Waals surface area contributed by atoms with Gasteiger partial charge in [-0.2, -0.15) is 0 Å². The van der Waals surface area contributed by atoms with E-state index in [9.17, 15) is 0 Å². The summed E-state index contributed by atoms with van der Waals surface area (Å²) in [5, 5.41) is 0. The Kier molecular flexibility index (Phi) is 5.37. The third-order valence-corrected chi connectivity index (χ3v) is 4.36. The van der Waals surface area contributed by atoms with Crippen molar-refractivity contribution in [3.63, 3.8) is 0 Å². The van der Waals surface area contributed by atoms with Crippen LogP contribution in [-0.4, -0.2) is 4.99 Å². The van der Waals surface area contributed by atoms with E-state index in [-0.39, 0.29) is 0 Å². The monoisotopic (exact) mass is 363 g/mol. The Hall–Kier alpha value is -1.39. The number of halogens is 1. The Labute approximate surface area is 139 Å². The molecule has 0 spiro atoms. The first kappa shape index (κ1) is 16.0. The van der Waals surface area contributed by atoms with E-state index in [0.29, 0.717) is 10.9 Å². The van der Waals surface area contributed by atoms with E-state index in [1.54, 1.807) is 0 Å². The molecule has 2 aromatic rings. The fourth-order valence-corrected chi connectivity index (χ4v) is 2.55. The van der Waals surface area contributed by atoms with Gasteiger partial charge in [0.05, 0.1) is 4.47 Å². The van der Waals surface area contributed by atoms with Crippen LogP contribution in [0.5, 0.6) is 11.5 Å². The lowest BCUT2D eigenvalue weighted by Gasteiger charge is -2.12. The molecule has 0 aliphatic heterocycles. The second-order valence-electron chi connectivity index (χ2n) is 4.99. The van der Waals surface area contributed by atoms with Crippen LogP contribution < -0.4 is 10.5 Å². The van der Waals surface area contributed by atoms with E-state index in [1.165, 1.54) is 5.56 Å². The predicted octanol–water partition coefficient (Wildman–Crippen LogP) is 5.39. The fourth-order valence-electron chi connectivity index (χ4n) is 1.96.